The lowest BCUT2D eigenvalue weighted by Gasteiger charge is -2.28. The summed E-state index contributed by atoms with van der Waals surface area (Å²) in [5.41, 5.74) is 13.4. The van der Waals surface area contributed by atoms with Gasteiger partial charge in [0.05, 0.1) is 0 Å². The molecule has 0 unspecified atom stereocenters. The normalized spacial score (nSPS) is 13.1. The van der Waals surface area contributed by atoms with Gasteiger partial charge in [0, 0.05) is 34.1 Å². The smallest absolute Gasteiger partial charge is 0.227 e. The lowest BCUT2D eigenvalue weighted by Crippen LogP contribution is -2.16. The highest BCUT2D eigenvalue weighted by atomic mass is 16.3. The molecule has 0 spiro atoms. The van der Waals surface area contributed by atoms with Crippen LogP contribution in [0, 0.1) is 0 Å². The Balaban J connectivity index is 1.30. The number of aromatic nitrogens is 1. The number of oxazole rings is 1. The summed E-state index contributed by atoms with van der Waals surface area (Å²) in [4.78, 5) is 7.12. The predicted molar refractivity (Wildman–Crippen MR) is 177 cm³/mol. The number of fused-ring (bicyclic) bond motifs is 4. The van der Waals surface area contributed by atoms with E-state index in [0.29, 0.717) is 5.89 Å². The van der Waals surface area contributed by atoms with Crippen LogP contribution in [-0.2, 0) is 5.41 Å². The fraction of sp³-hybridized carbons (Fsp3) is 0.0750. The Kier molecular flexibility index (Phi) is 5.80. The Morgan fingerprint density at radius 3 is 1.95 bits per heavy atom. The molecule has 0 saturated heterocycles. The molecule has 6 aromatic carbocycles. The van der Waals surface area contributed by atoms with Crippen molar-refractivity contribution in [3.05, 3.63) is 157 Å². The average Bonchev–Trinajstić information content (AvgIpc) is 3.59. The zero-order valence-corrected chi connectivity index (χ0v) is 24.2. The maximum Gasteiger partial charge on any atom is 0.227 e. The summed E-state index contributed by atoms with van der Waals surface area (Å²) in [6.45, 7) is 4.65. The third-order valence-corrected chi connectivity index (χ3v) is 8.69. The topological polar surface area (TPSA) is 29.3 Å². The summed E-state index contributed by atoms with van der Waals surface area (Å²) < 4.78 is 6.32. The van der Waals surface area contributed by atoms with Crippen LogP contribution in [0.2, 0.25) is 0 Å². The summed E-state index contributed by atoms with van der Waals surface area (Å²) in [6, 6.07) is 51.3. The largest absolute Gasteiger partial charge is 0.436 e. The second kappa shape index (κ2) is 9.85. The highest BCUT2D eigenvalue weighted by Crippen LogP contribution is 2.50. The van der Waals surface area contributed by atoms with Gasteiger partial charge in [-0.15, -0.1) is 0 Å². The van der Waals surface area contributed by atoms with Crippen LogP contribution in [0.5, 0.6) is 0 Å². The molecule has 1 heterocycles. The molecule has 0 bridgehead atoms. The SMILES string of the molecule is CC1(C)c2ccccc2-c2ccc(N(c3cccc(-c4ccccc4)c3)c3ccc4nc(-c5ccccc5)oc4c3)cc21. The van der Waals surface area contributed by atoms with Gasteiger partial charge in [0.2, 0.25) is 5.89 Å². The molecule has 0 atom stereocenters. The van der Waals surface area contributed by atoms with Crippen molar-refractivity contribution in [2.24, 2.45) is 0 Å². The van der Waals surface area contributed by atoms with Crippen LogP contribution >= 0.6 is 0 Å². The van der Waals surface area contributed by atoms with Gasteiger partial charge in [-0.1, -0.05) is 105 Å². The number of rotatable bonds is 5. The number of nitrogens with zero attached hydrogens (tertiary/aromatic N) is 2. The van der Waals surface area contributed by atoms with Crippen molar-refractivity contribution >= 4 is 28.2 Å². The molecule has 1 aliphatic carbocycles. The first-order valence-corrected chi connectivity index (χ1v) is 14.7. The second-order valence-electron chi connectivity index (χ2n) is 11.7. The van der Waals surface area contributed by atoms with Crippen LogP contribution < -0.4 is 4.90 Å². The summed E-state index contributed by atoms with van der Waals surface area (Å²) in [5, 5.41) is 0. The van der Waals surface area contributed by atoms with Crippen molar-refractivity contribution in [1.29, 1.82) is 0 Å². The van der Waals surface area contributed by atoms with Crippen LogP contribution in [-0.4, -0.2) is 4.98 Å². The number of hydrogen-bond donors (Lipinski definition) is 0. The monoisotopic (exact) mass is 554 g/mol. The van der Waals surface area contributed by atoms with E-state index in [0.717, 1.165) is 33.7 Å². The summed E-state index contributed by atoms with van der Waals surface area (Å²) in [7, 11) is 0. The second-order valence-corrected chi connectivity index (χ2v) is 11.7. The molecule has 3 heteroatoms. The Morgan fingerprint density at radius 1 is 0.512 bits per heavy atom. The van der Waals surface area contributed by atoms with Crippen LogP contribution in [0.15, 0.2) is 150 Å². The molecule has 1 aromatic heterocycles. The summed E-state index contributed by atoms with van der Waals surface area (Å²) >= 11 is 0. The van der Waals surface area contributed by atoms with E-state index >= 15 is 0 Å². The fourth-order valence-electron chi connectivity index (χ4n) is 6.49. The lowest BCUT2D eigenvalue weighted by molar-refractivity contribution is 0.620. The molecule has 0 fully saturated rings. The molecule has 0 amide bonds. The van der Waals surface area contributed by atoms with Crippen LogP contribution in [0.25, 0.3) is 44.8 Å². The van der Waals surface area contributed by atoms with Crippen LogP contribution in [0.4, 0.5) is 17.1 Å². The lowest BCUT2D eigenvalue weighted by atomic mass is 9.82. The zero-order chi connectivity index (χ0) is 29.0. The van der Waals surface area contributed by atoms with Gasteiger partial charge in [0.1, 0.15) is 5.52 Å². The molecule has 7 aromatic rings. The van der Waals surface area contributed by atoms with Gasteiger partial charge in [-0.05, 0) is 81.9 Å². The Bertz CT molecular complexity index is 2110. The van der Waals surface area contributed by atoms with Gasteiger partial charge >= 0.3 is 0 Å². The van der Waals surface area contributed by atoms with E-state index in [4.69, 9.17) is 9.40 Å². The predicted octanol–water partition coefficient (Wildman–Crippen LogP) is 10.9. The number of benzene rings is 6. The van der Waals surface area contributed by atoms with E-state index in [9.17, 15) is 0 Å². The van der Waals surface area contributed by atoms with E-state index in [1.54, 1.807) is 0 Å². The molecule has 0 aliphatic heterocycles. The van der Waals surface area contributed by atoms with E-state index in [1.165, 1.54) is 33.4 Å². The van der Waals surface area contributed by atoms with Gasteiger partial charge < -0.3 is 9.32 Å². The van der Waals surface area contributed by atoms with E-state index < -0.39 is 0 Å². The molecule has 1 aliphatic rings. The van der Waals surface area contributed by atoms with Gasteiger partial charge in [0.15, 0.2) is 5.58 Å². The quantitative estimate of drug-likeness (QED) is 0.212. The minimum absolute atomic E-state index is 0.0982. The van der Waals surface area contributed by atoms with Crippen molar-refractivity contribution < 1.29 is 4.42 Å². The number of hydrogen-bond acceptors (Lipinski definition) is 3. The highest BCUT2D eigenvalue weighted by Gasteiger charge is 2.35. The van der Waals surface area contributed by atoms with E-state index in [1.807, 2.05) is 30.3 Å². The minimum Gasteiger partial charge on any atom is -0.436 e. The Labute approximate surface area is 251 Å². The minimum atomic E-state index is -0.0982. The molecular formula is C40H30N2O. The summed E-state index contributed by atoms with van der Waals surface area (Å²) in [5.74, 6) is 0.627. The molecular weight excluding hydrogens is 524 g/mol. The summed E-state index contributed by atoms with van der Waals surface area (Å²) in [6.07, 6.45) is 0. The van der Waals surface area contributed by atoms with Crippen molar-refractivity contribution in [3.8, 4) is 33.7 Å². The first-order valence-electron chi connectivity index (χ1n) is 14.7. The van der Waals surface area contributed by atoms with Gasteiger partial charge in [-0.25, -0.2) is 4.98 Å². The standard InChI is InChI=1S/C40H30N2O/c1-40(2)35-19-10-9-18-33(35)34-22-20-31(25-36(34)40)42(30-17-11-16-29(24-30)27-12-5-3-6-13-27)32-21-23-37-38(26-32)43-39(41-37)28-14-7-4-8-15-28/h3-26H,1-2H3. The molecule has 43 heavy (non-hydrogen) atoms. The first-order chi connectivity index (χ1) is 21.1. The molecule has 206 valence electrons. The average molecular weight is 555 g/mol. The van der Waals surface area contributed by atoms with E-state index in [-0.39, 0.29) is 5.41 Å². The fourth-order valence-corrected chi connectivity index (χ4v) is 6.49. The molecule has 0 N–H and O–H groups in total. The zero-order valence-electron chi connectivity index (χ0n) is 24.2. The molecule has 3 nitrogen and oxygen atoms in total. The third kappa shape index (κ3) is 4.24. The maximum atomic E-state index is 6.32. The van der Waals surface area contributed by atoms with Crippen LogP contribution in [0.3, 0.4) is 0 Å². The maximum absolute atomic E-state index is 6.32. The Hall–Kier alpha value is -5.41. The van der Waals surface area contributed by atoms with Crippen LogP contribution in [0.1, 0.15) is 25.0 Å². The van der Waals surface area contributed by atoms with Gasteiger partial charge in [0.25, 0.3) is 0 Å². The van der Waals surface area contributed by atoms with Gasteiger partial charge in [-0.3, -0.25) is 0 Å². The molecule has 8 rings (SSSR count). The van der Waals surface area contributed by atoms with Crippen molar-refractivity contribution in [1.82, 2.24) is 4.98 Å². The van der Waals surface area contributed by atoms with E-state index in [2.05, 4.69) is 134 Å². The Morgan fingerprint density at radius 2 is 1.14 bits per heavy atom. The van der Waals surface area contributed by atoms with Crippen molar-refractivity contribution in [3.63, 3.8) is 0 Å². The third-order valence-electron chi connectivity index (χ3n) is 8.69. The molecule has 0 radical (unpaired) electrons. The van der Waals surface area contributed by atoms with Gasteiger partial charge in [-0.2, -0.15) is 0 Å². The first kappa shape index (κ1) is 25.3. The van der Waals surface area contributed by atoms with Crippen molar-refractivity contribution in [2.75, 3.05) is 4.90 Å². The van der Waals surface area contributed by atoms with Crippen molar-refractivity contribution in [2.45, 2.75) is 19.3 Å². The molecule has 0 saturated carbocycles. The number of anilines is 3. The highest BCUT2D eigenvalue weighted by molar-refractivity contribution is 5.89.